The summed E-state index contributed by atoms with van der Waals surface area (Å²) in [6.07, 6.45) is 0. The van der Waals surface area contributed by atoms with Crippen molar-refractivity contribution in [2.75, 3.05) is 19.8 Å². The van der Waals surface area contributed by atoms with E-state index in [2.05, 4.69) is 70.7 Å². The molecule has 29 heavy (non-hydrogen) atoms. The van der Waals surface area contributed by atoms with E-state index in [1.165, 1.54) is 22.3 Å². The van der Waals surface area contributed by atoms with Gasteiger partial charge >= 0.3 is 0 Å². The Balaban J connectivity index is 1.94. The summed E-state index contributed by atoms with van der Waals surface area (Å²) in [4.78, 5) is 0. The van der Waals surface area contributed by atoms with Gasteiger partial charge in [-0.25, -0.2) is 0 Å². The number of hydrogen-bond donors (Lipinski definition) is 1. The van der Waals surface area contributed by atoms with Gasteiger partial charge in [-0.1, -0.05) is 43.0 Å². The fourth-order valence-electron chi connectivity index (χ4n) is 4.20. The van der Waals surface area contributed by atoms with E-state index in [9.17, 15) is 5.11 Å². The van der Waals surface area contributed by atoms with Gasteiger partial charge in [0, 0.05) is 5.57 Å². The second kappa shape index (κ2) is 7.57. The molecule has 0 saturated carbocycles. The standard InChI is InChI=1S/C26H28O3/c1-15-6-8-20(12-17(15)3)23-19(5)24(21-9-7-16(2)18(4)13-21)26-25(22(23)14-27)28-10-11-29-26/h6-9,12-13,24,27H,5,10-11,14H2,1-4H3. The molecule has 1 heterocycles. The van der Waals surface area contributed by atoms with Crippen molar-refractivity contribution in [3.8, 4) is 0 Å². The predicted molar refractivity (Wildman–Crippen MR) is 117 cm³/mol. The minimum absolute atomic E-state index is 0.122. The molecule has 1 aliphatic heterocycles. The van der Waals surface area contributed by atoms with E-state index in [1.54, 1.807) is 0 Å². The smallest absolute Gasteiger partial charge is 0.164 e. The highest BCUT2D eigenvalue weighted by atomic mass is 16.6. The van der Waals surface area contributed by atoms with Gasteiger partial charge in [-0.05, 0) is 72.2 Å². The van der Waals surface area contributed by atoms with Crippen molar-refractivity contribution >= 4 is 5.57 Å². The van der Waals surface area contributed by atoms with Crippen LogP contribution in [0.15, 0.2) is 65.6 Å². The van der Waals surface area contributed by atoms with E-state index in [1.807, 2.05) is 0 Å². The van der Waals surface area contributed by atoms with E-state index in [0.29, 0.717) is 19.0 Å². The summed E-state index contributed by atoms with van der Waals surface area (Å²) < 4.78 is 12.1. The Hall–Kier alpha value is -2.78. The van der Waals surface area contributed by atoms with Gasteiger partial charge in [-0.15, -0.1) is 0 Å². The Kier molecular flexibility index (Phi) is 5.10. The first-order valence-electron chi connectivity index (χ1n) is 10.1. The number of hydrogen-bond acceptors (Lipinski definition) is 3. The van der Waals surface area contributed by atoms with Crippen molar-refractivity contribution < 1.29 is 14.6 Å². The van der Waals surface area contributed by atoms with Gasteiger partial charge in [0.05, 0.1) is 12.5 Å². The Morgan fingerprint density at radius 1 is 0.897 bits per heavy atom. The molecule has 0 saturated heterocycles. The average molecular weight is 389 g/mol. The van der Waals surface area contributed by atoms with Crippen LogP contribution in [0, 0.1) is 27.7 Å². The molecule has 1 aliphatic carbocycles. The molecule has 2 aromatic rings. The molecule has 0 amide bonds. The largest absolute Gasteiger partial charge is 0.489 e. The molecular weight excluding hydrogens is 360 g/mol. The first kappa shape index (κ1) is 19.5. The van der Waals surface area contributed by atoms with Gasteiger partial charge in [0.25, 0.3) is 0 Å². The number of aliphatic hydroxyl groups is 1. The van der Waals surface area contributed by atoms with Crippen LogP contribution >= 0.6 is 0 Å². The molecule has 3 heteroatoms. The quantitative estimate of drug-likeness (QED) is 0.778. The van der Waals surface area contributed by atoms with Crippen LogP contribution in [0.5, 0.6) is 0 Å². The maximum Gasteiger partial charge on any atom is 0.164 e. The monoisotopic (exact) mass is 388 g/mol. The lowest BCUT2D eigenvalue weighted by molar-refractivity contribution is 0.0569. The number of allylic oxidation sites excluding steroid dienone is 2. The fourth-order valence-corrected chi connectivity index (χ4v) is 4.20. The van der Waals surface area contributed by atoms with Crippen LogP contribution in [0.3, 0.4) is 0 Å². The van der Waals surface area contributed by atoms with Crippen molar-refractivity contribution in [1.82, 2.24) is 0 Å². The van der Waals surface area contributed by atoms with E-state index < -0.39 is 0 Å². The van der Waals surface area contributed by atoms with Crippen LogP contribution < -0.4 is 0 Å². The molecule has 0 radical (unpaired) electrons. The van der Waals surface area contributed by atoms with Crippen molar-refractivity contribution in [1.29, 1.82) is 0 Å². The van der Waals surface area contributed by atoms with Gasteiger partial charge in [-0.3, -0.25) is 0 Å². The lowest BCUT2D eigenvalue weighted by atomic mass is 9.76. The lowest BCUT2D eigenvalue weighted by Crippen LogP contribution is -2.26. The summed E-state index contributed by atoms with van der Waals surface area (Å²) in [6.45, 7) is 13.8. The summed E-state index contributed by atoms with van der Waals surface area (Å²) in [6, 6.07) is 12.9. The maximum atomic E-state index is 10.3. The van der Waals surface area contributed by atoms with Crippen LogP contribution in [-0.4, -0.2) is 24.9 Å². The van der Waals surface area contributed by atoms with E-state index >= 15 is 0 Å². The number of ether oxygens (including phenoxy) is 2. The third-order valence-electron chi connectivity index (χ3n) is 6.14. The van der Waals surface area contributed by atoms with E-state index in [-0.39, 0.29) is 12.5 Å². The second-order valence-corrected chi connectivity index (χ2v) is 8.00. The summed E-state index contributed by atoms with van der Waals surface area (Å²) in [7, 11) is 0. The summed E-state index contributed by atoms with van der Waals surface area (Å²) in [5.74, 6) is 1.31. The van der Waals surface area contributed by atoms with Crippen LogP contribution in [0.2, 0.25) is 0 Å². The van der Waals surface area contributed by atoms with Gasteiger partial charge < -0.3 is 14.6 Å². The van der Waals surface area contributed by atoms with Gasteiger partial charge in [-0.2, -0.15) is 0 Å². The maximum absolute atomic E-state index is 10.3. The number of aliphatic hydroxyl groups excluding tert-OH is 1. The molecule has 2 aliphatic rings. The Morgan fingerprint density at radius 2 is 1.55 bits per heavy atom. The molecule has 2 aromatic carbocycles. The molecule has 3 nitrogen and oxygen atoms in total. The highest BCUT2D eigenvalue weighted by molar-refractivity contribution is 5.88. The van der Waals surface area contributed by atoms with Crippen molar-refractivity contribution in [3.63, 3.8) is 0 Å². The third-order valence-corrected chi connectivity index (χ3v) is 6.14. The topological polar surface area (TPSA) is 38.7 Å². The van der Waals surface area contributed by atoms with Crippen LogP contribution in [0.4, 0.5) is 0 Å². The molecule has 0 bridgehead atoms. The minimum atomic E-state index is -0.128. The molecule has 0 aromatic heterocycles. The van der Waals surface area contributed by atoms with Crippen molar-refractivity contribution in [2.24, 2.45) is 0 Å². The fraction of sp³-hybridized carbons (Fsp3) is 0.308. The zero-order valence-corrected chi connectivity index (χ0v) is 17.6. The van der Waals surface area contributed by atoms with Crippen LogP contribution in [-0.2, 0) is 9.47 Å². The lowest BCUT2D eigenvalue weighted by Gasteiger charge is -2.36. The van der Waals surface area contributed by atoms with Crippen LogP contribution in [0.25, 0.3) is 5.57 Å². The Bertz CT molecular complexity index is 1060. The Morgan fingerprint density at radius 3 is 2.21 bits per heavy atom. The predicted octanol–water partition coefficient (Wildman–Crippen LogP) is 5.28. The summed E-state index contributed by atoms with van der Waals surface area (Å²) >= 11 is 0. The average Bonchev–Trinajstić information content (AvgIpc) is 2.71. The third kappa shape index (κ3) is 3.30. The number of benzene rings is 2. The summed E-state index contributed by atoms with van der Waals surface area (Å²) in [5, 5.41) is 10.3. The first-order valence-corrected chi connectivity index (χ1v) is 10.1. The molecule has 0 fully saturated rings. The molecule has 4 rings (SSSR count). The minimum Gasteiger partial charge on any atom is -0.489 e. The summed E-state index contributed by atoms with van der Waals surface area (Å²) in [5.41, 5.74) is 9.78. The normalized spacial score (nSPS) is 19.1. The molecule has 150 valence electrons. The van der Waals surface area contributed by atoms with Gasteiger partial charge in [0.1, 0.15) is 13.2 Å². The highest BCUT2D eigenvalue weighted by Crippen LogP contribution is 2.49. The van der Waals surface area contributed by atoms with Gasteiger partial charge in [0.2, 0.25) is 0 Å². The zero-order chi connectivity index (χ0) is 20.7. The van der Waals surface area contributed by atoms with E-state index in [0.717, 1.165) is 33.6 Å². The molecule has 0 spiro atoms. The SMILES string of the molecule is C=C1C(c2ccc(C)c(C)c2)=C(CO)C2=C(OCCO2)C1c1ccc(C)c(C)c1. The molecule has 1 N–H and O–H groups in total. The molecule has 1 unspecified atom stereocenters. The van der Waals surface area contributed by atoms with Crippen LogP contribution in [0.1, 0.15) is 39.3 Å². The second-order valence-electron chi connectivity index (χ2n) is 8.00. The number of aryl methyl sites for hydroxylation is 4. The molecular formula is C26H28O3. The van der Waals surface area contributed by atoms with Crippen molar-refractivity contribution in [2.45, 2.75) is 33.6 Å². The molecule has 1 atom stereocenters. The number of rotatable bonds is 3. The first-order chi connectivity index (χ1) is 13.9. The Labute approximate surface area is 173 Å². The van der Waals surface area contributed by atoms with E-state index in [4.69, 9.17) is 9.47 Å². The van der Waals surface area contributed by atoms with Crippen molar-refractivity contribution in [3.05, 3.63) is 99.0 Å². The zero-order valence-electron chi connectivity index (χ0n) is 17.6. The highest BCUT2D eigenvalue weighted by Gasteiger charge is 2.37. The van der Waals surface area contributed by atoms with Gasteiger partial charge in [0.15, 0.2) is 11.5 Å².